The van der Waals surface area contributed by atoms with Gasteiger partial charge in [0.15, 0.2) is 0 Å². The van der Waals surface area contributed by atoms with Gasteiger partial charge in [-0.05, 0) is 24.3 Å². The van der Waals surface area contributed by atoms with Gasteiger partial charge >= 0.3 is 0 Å². The van der Waals surface area contributed by atoms with Crippen LogP contribution < -0.4 is 5.73 Å². The highest BCUT2D eigenvalue weighted by atomic mass is 16.5. The third-order valence-electron chi connectivity index (χ3n) is 2.87. The van der Waals surface area contributed by atoms with E-state index in [2.05, 4.69) is 10.1 Å². The first-order valence-corrected chi connectivity index (χ1v) is 6.03. The van der Waals surface area contributed by atoms with Gasteiger partial charge in [0.2, 0.25) is 11.7 Å². The lowest BCUT2D eigenvalue weighted by atomic mass is 10.1. The third kappa shape index (κ3) is 2.29. The Morgan fingerprint density at radius 2 is 1.65 bits per heavy atom. The van der Waals surface area contributed by atoms with Crippen LogP contribution in [0, 0.1) is 0 Å². The second-order valence-electron chi connectivity index (χ2n) is 4.23. The van der Waals surface area contributed by atoms with Crippen molar-refractivity contribution in [3.05, 3.63) is 60.2 Å². The molecule has 0 aliphatic carbocycles. The largest absolute Gasteiger partial charge is 0.366 e. The molecule has 0 aliphatic rings. The van der Waals surface area contributed by atoms with Gasteiger partial charge in [-0.15, -0.1) is 0 Å². The summed E-state index contributed by atoms with van der Waals surface area (Å²) in [5, 5.41) is 3.94. The maximum absolute atomic E-state index is 11.0. The van der Waals surface area contributed by atoms with Crippen LogP contribution in [0.25, 0.3) is 22.8 Å². The normalized spacial score (nSPS) is 10.4. The molecule has 0 fully saturated rings. The number of nitrogens with two attached hydrogens (primary N) is 1. The first-order chi connectivity index (χ1) is 9.74. The van der Waals surface area contributed by atoms with Gasteiger partial charge < -0.3 is 10.3 Å². The quantitative estimate of drug-likeness (QED) is 0.788. The molecule has 0 saturated heterocycles. The number of hydrogen-bond acceptors (Lipinski definition) is 4. The van der Waals surface area contributed by atoms with Crippen LogP contribution in [0.4, 0.5) is 0 Å². The van der Waals surface area contributed by atoms with E-state index in [-0.39, 0.29) is 0 Å². The second-order valence-corrected chi connectivity index (χ2v) is 4.23. The van der Waals surface area contributed by atoms with Gasteiger partial charge in [-0.25, -0.2) is 0 Å². The number of benzene rings is 2. The first-order valence-electron chi connectivity index (χ1n) is 6.03. The molecule has 0 atom stereocenters. The van der Waals surface area contributed by atoms with Crippen LogP contribution in [-0.4, -0.2) is 16.0 Å². The minimum absolute atomic E-state index is 0.403. The van der Waals surface area contributed by atoms with Gasteiger partial charge in [0, 0.05) is 16.7 Å². The van der Waals surface area contributed by atoms with Crippen molar-refractivity contribution in [2.75, 3.05) is 0 Å². The lowest BCUT2D eigenvalue weighted by Crippen LogP contribution is -2.10. The standard InChI is InChI=1S/C15H11N3O2/c16-13(19)10-6-8-12(9-7-10)15-17-14(18-20-15)11-4-2-1-3-5-11/h1-9H,(H2,16,19). The van der Waals surface area contributed by atoms with Crippen LogP contribution in [0.2, 0.25) is 0 Å². The van der Waals surface area contributed by atoms with Gasteiger partial charge in [-0.3, -0.25) is 4.79 Å². The third-order valence-corrected chi connectivity index (χ3v) is 2.87. The van der Waals surface area contributed by atoms with Crippen molar-refractivity contribution >= 4 is 5.91 Å². The molecule has 2 aromatic carbocycles. The lowest BCUT2D eigenvalue weighted by molar-refractivity contribution is 0.100. The zero-order chi connectivity index (χ0) is 13.9. The summed E-state index contributed by atoms with van der Waals surface area (Å²) in [4.78, 5) is 15.3. The molecule has 2 N–H and O–H groups in total. The van der Waals surface area contributed by atoms with E-state index in [0.717, 1.165) is 11.1 Å². The number of amides is 1. The van der Waals surface area contributed by atoms with Gasteiger partial charge in [-0.1, -0.05) is 35.5 Å². The molecule has 0 radical (unpaired) electrons. The predicted octanol–water partition coefficient (Wildman–Crippen LogP) is 2.50. The summed E-state index contributed by atoms with van der Waals surface area (Å²) in [7, 11) is 0. The van der Waals surface area contributed by atoms with Gasteiger partial charge in [-0.2, -0.15) is 4.98 Å². The van der Waals surface area contributed by atoms with Gasteiger partial charge in [0.05, 0.1) is 0 Å². The van der Waals surface area contributed by atoms with E-state index in [9.17, 15) is 4.79 Å². The molecular weight excluding hydrogens is 254 g/mol. The molecule has 1 aromatic heterocycles. The van der Waals surface area contributed by atoms with E-state index < -0.39 is 5.91 Å². The van der Waals surface area contributed by atoms with E-state index in [0.29, 0.717) is 17.3 Å². The van der Waals surface area contributed by atoms with Crippen LogP contribution in [0.15, 0.2) is 59.1 Å². The van der Waals surface area contributed by atoms with Crippen molar-refractivity contribution < 1.29 is 9.32 Å². The smallest absolute Gasteiger partial charge is 0.258 e. The Morgan fingerprint density at radius 1 is 0.950 bits per heavy atom. The summed E-state index contributed by atoms with van der Waals surface area (Å²) in [6.45, 7) is 0. The minimum Gasteiger partial charge on any atom is -0.366 e. The number of carbonyl (C=O) groups excluding carboxylic acids is 1. The Hall–Kier alpha value is -2.95. The van der Waals surface area contributed by atoms with E-state index in [1.54, 1.807) is 24.3 Å². The zero-order valence-electron chi connectivity index (χ0n) is 10.5. The van der Waals surface area contributed by atoms with Crippen molar-refractivity contribution in [3.63, 3.8) is 0 Å². The van der Waals surface area contributed by atoms with Crippen LogP contribution in [-0.2, 0) is 0 Å². The molecule has 5 nitrogen and oxygen atoms in total. The lowest BCUT2D eigenvalue weighted by Gasteiger charge is -1.96. The Kier molecular flexibility index (Phi) is 3.01. The van der Waals surface area contributed by atoms with Crippen molar-refractivity contribution in [2.45, 2.75) is 0 Å². The molecule has 0 bridgehead atoms. The van der Waals surface area contributed by atoms with E-state index in [1.807, 2.05) is 30.3 Å². The van der Waals surface area contributed by atoms with Crippen molar-refractivity contribution in [2.24, 2.45) is 5.73 Å². The number of aromatic nitrogens is 2. The highest BCUT2D eigenvalue weighted by Gasteiger charge is 2.10. The predicted molar refractivity (Wildman–Crippen MR) is 73.7 cm³/mol. The summed E-state index contributed by atoms with van der Waals surface area (Å²) in [6, 6.07) is 16.3. The SMILES string of the molecule is NC(=O)c1ccc(-c2nc(-c3ccccc3)no2)cc1. The van der Waals surface area contributed by atoms with Crippen LogP contribution in [0.1, 0.15) is 10.4 Å². The van der Waals surface area contributed by atoms with Crippen LogP contribution in [0.5, 0.6) is 0 Å². The molecule has 1 heterocycles. The number of primary amides is 1. The molecule has 0 unspecified atom stereocenters. The number of hydrogen-bond donors (Lipinski definition) is 1. The highest BCUT2D eigenvalue weighted by molar-refractivity contribution is 5.93. The minimum atomic E-state index is -0.466. The molecule has 98 valence electrons. The van der Waals surface area contributed by atoms with Crippen molar-refractivity contribution in [3.8, 4) is 22.8 Å². The number of rotatable bonds is 3. The molecule has 0 spiro atoms. The van der Waals surface area contributed by atoms with Crippen LogP contribution in [0.3, 0.4) is 0 Å². The van der Waals surface area contributed by atoms with E-state index >= 15 is 0 Å². The summed E-state index contributed by atoms with van der Waals surface area (Å²) in [5.41, 5.74) is 7.26. The van der Waals surface area contributed by atoms with E-state index in [4.69, 9.17) is 10.3 Å². The second kappa shape index (κ2) is 4.97. The first kappa shape index (κ1) is 12.1. The highest BCUT2D eigenvalue weighted by Crippen LogP contribution is 2.22. The van der Waals surface area contributed by atoms with Crippen LogP contribution >= 0.6 is 0 Å². The Balaban J connectivity index is 1.92. The fourth-order valence-electron chi connectivity index (χ4n) is 1.82. The molecule has 0 saturated carbocycles. The average molecular weight is 265 g/mol. The molecule has 3 rings (SSSR count). The monoisotopic (exact) mass is 265 g/mol. The maximum Gasteiger partial charge on any atom is 0.258 e. The molecule has 1 amide bonds. The Labute approximate surface area is 115 Å². The molecule has 5 heteroatoms. The summed E-state index contributed by atoms with van der Waals surface area (Å²) in [5.74, 6) is 0.464. The fraction of sp³-hybridized carbons (Fsp3) is 0. The average Bonchev–Trinajstić information content (AvgIpc) is 2.98. The van der Waals surface area contributed by atoms with E-state index in [1.165, 1.54) is 0 Å². The topological polar surface area (TPSA) is 82.0 Å². The molecule has 0 aliphatic heterocycles. The Bertz CT molecular complexity index is 733. The zero-order valence-corrected chi connectivity index (χ0v) is 10.5. The van der Waals surface area contributed by atoms with Gasteiger partial charge in [0.25, 0.3) is 5.89 Å². The van der Waals surface area contributed by atoms with Gasteiger partial charge in [0.1, 0.15) is 0 Å². The van der Waals surface area contributed by atoms with Crippen molar-refractivity contribution in [1.82, 2.24) is 10.1 Å². The summed E-state index contributed by atoms with van der Waals surface area (Å²) < 4.78 is 5.23. The summed E-state index contributed by atoms with van der Waals surface area (Å²) >= 11 is 0. The Morgan fingerprint density at radius 3 is 2.30 bits per heavy atom. The molecule has 3 aromatic rings. The molecular formula is C15H11N3O2. The fourth-order valence-corrected chi connectivity index (χ4v) is 1.82. The number of carbonyl (C=O) groups is 1. The van der Waals surface area contributed by atoms with Crippen molar-refractivity contribution in [1.29, 1.82) is 0 Å². The maximum atomic E-state index is 11.0. The number of nitrogens with zero attached hydrogens (tertiary/aromatic N) is 2. The summed E-state index contributed by atoms with van der Waals surface area (Å²) in [6.07, 6.45) is 0. The molecule has 20 heavy (non-hydrogen) atoms.